The van der Waals surface area contributed by atoms with Crippen LogP contribution < -0.4 is 19.7 Å². The van der Waals surface area contributed by atoms with Crippen molar-refractivity contribution in [2.24, 2.45) is 0 Å². The summed E-state index contributed by atoms with van der Waals surface area (Å²) in [6.45, 7) is -0.178. The number of nitrogens with one attached hydrogen (secondary N) is 2. The molecule has 1 aliphatic carbocycles. The second-order valence-corrected chi connectivity index (χ2v) is 11.3. The van der Waals surface area contributed by atoms with E-state index < -0.39 is 6.04 Å². The molecule has 0 fully saturated rings. The van der Waals surface area contributed by atoms with E-state index in [-0.39, 0.29) is 12.5 Å². The minimum absolute atomic E-state index is 0.178. The van der Waals surface area contributed by atoms with Gasteiger partial charge in [-0.2, -0.15) is 0 Å². The van der Waals surface area contributed by atoms with Crippen molar-refractivity contribution in [3.05, 3.63) is 101 Å². The van der Waals surface area contributed by atoms with Gasteiger partial charge in [-0.1, -0.05) is 30.3 Å². The van der Waals surface area contributed by atoms with Crippen LogP contribution in [0.5, 0.6) is 11.5 Å². The van der Waals surface area contributed by atoms with Crippen LogP contribution in [0, 0.1) is 0 Å². The molecular formula is C36H37N3O4. The lowest BCUT2D eigenvalue weighted by Crippen LogP contribution is -2.39. The van der Waals surface area contributed by atoms with Crippen LogP contribution in [0.3, 0.4) is 0 Å². The first-order valence-corrected chi connectivity index (χ1v) is 14.6. The van der Waals surface area contributed by atoms with Gasteiger partial charge in [0, 0.05) is 42.4 Å². The molecule has 1 unspecified atom stereocenters. The number of hydrogen-bond acceptors (Lipinski definition) is 5. The van der Waals surface area contributed by atoms with Crippen LogP contribution in [-0.4, -0.2) is 57.0 Å². The number of para-hydroxylation sites is 1. The fourth-order valence-corrected chi connectivity index (χ4v) is 6.11. The number of ether oxygens (including phenoxy) is 2. The highest BCUT2D eigenvalue weighted by Gasteiger charge is 2.25. The molecule has 5 aromatic rings. The summed E-state index contributed by atoms with van der Waals surface area (Å²) in [7, 11) is 7.30. The third-order valence-corrected chi connectivity index (χ3v) is 8.44. The number of nitrogens with zero attached hydrogens (tertiary/aromatic N) is 1. The Morgan fingerprint density at radius 3 is 2.28 bits per heavy atom. The summed E-state index contributed by atoms with van der Waals surface area (Å²) in [5, 5.41) is 14.6. The van der Waals surface area contributed by atoms with Crippen molar-refractivity contribution in [3.8, 4) is 33.8 Å². The Kier molecular flexibility index (Phi) is 7.82. The number of methoxy groups -OCH3 is 2. The first-order valence-electron chi connectivity index (χ1n) is 14.6. The van der Waals surface area contributed by atoms with Gasteiger partial charge in [-0.05, 0) is 101 Å². The molecule has 0 saturated heterocycles. The van der Waals surface area contributed by atoms with E-state index in [1.165, 1.54) is 5.56 Å². The first-order chi connectivity index (χ1) is 20.9. The first kappa shape index (κ1) is 28.4. The lowest BCUT2D eigenvalue weighted by atomic mass is 9.82. The molecule has 0 saturated carbocycles. The molecule has 1 aliphatic rings. The lowest BCUT2D eigenvalue weighted by molar-refractivity contribution is 0.0917. The van der Waals surface area contributed by atoms with Crippen molar-refractivity contribution < 1.29 is 19.4 Å². The number of carbonyl (C=O) groups is 1. The number of aryl methyl sites for hydroxylation is 2. The number of hydrogen-bond donors (Lipinski definition) is 3. The maximum Gasteiger partial charge on any atom is 0.252 e. The molecule has 0 spiro atoms. The molecule has 3 N–H and O–H groups in total. The average Bonchev–Trinajstić information content (AvgIpc) is 3.45. The van der Waals surface area contributed by atoms with E-state index in [0.29, 0.717) is 23.5 Å². The molecule has 0 bridgehead atoms. The van der Waals surface area contributed by atoms with Crippen molar-refractivity contribution in [2.45, 2.75) is 25.3 Å². The van der Waals surface area contributed by atoms with E-state index in [9.17, 15) is 9.90 Å². The Hall–Kier alpha value is -4.75. The zero-order valence-corrected chi connectivity index (χ0v) is 25.0. The maximum atomic E-state index is 14.1. The van der Waals surface area contributed by atoms with Crippen molar-refractivity contribution in [1.82, 2.24) is 10.3 Å². The average molecular weight is 576 g/mol. The molecule has 4 aromatic carbocycles. The normalized spacial score (nSPS) is 12.8. The number of aliphatic hydroxyl groups excluding tert-OH is 1. The number of H-pyrrole nitrogens is 1. The fourth-order valence-electron chi connectivity index (χ4n) is 6.11. The molecule has 0 aliphatic heterocycles. The molecule has 43 heavy (non-hydrogen) atoms. The van der Waals surface area contributed by atoms with E-state index >= 15 is 0 Å². The Morgan fingerprint density at radius 2 is 1.58 bits per heavy atom. The second-order valence-electron chi connectivity index (χ2n) is 11.3. The van der Waals surface area contributed by atoms with Gasteiger partial charge < -0.3 is 29.8 Å². The van der Waals surface area contributed by atoms with Gasteiger partial charge in [0.1, 0.15) is 0 Å². The number of anilines is 1. The third-order valence-electron chi connectivity index (χ3n) is 8.44. The highest BCUT2D eigenvalue weighted by Crippen LogP contribution is 2.43. The van der Waals surface area contributed by atoms with E-state index in [1.807, 2.05) is 56.7 Å². The topological polar surface area (TPSA) is 86.8 Å². The molecule has 6 rings (SSSR count). The zero-order valence-electron chi connectivity index (χ0n) is 25.0. The molecule has 7 heteroatoms. The van der Waals surface area contributed by atoms with Crippen molar-refractivity contribution >= 4 is 22.5 Å². The summed E-state index contributed by atoms with van der Waals surface area (Å²) in [6, 6.07) is 24.1. The zero-order chi connectivity index (χ0) is 30.1. The summed E-state index contributed by atoms with van der Waals surface area (Å²) in [4.78, 5) is 19.5. The van der Waals surface area contributed by atoms with Crippen molar-refractivity contribution in [2.75, 3.05) is 39.8 Å². The van der Waals surface area contributed by atoms with Crippen LogP contribution in [0.25, 0.3) is 33.2 Å². The minimum Gasteiger partial charge on any atom is -0.493 e. The molecule has 1 heterocycles. The van der Waals surface area contributed by atoms with Crippen LogP contribution in [0.2, 0.25) is 0 Å². The van der Waals surface area contributed by atoms with E-state index in [1.54, 1.807) is 14.2 Å². The maximum absolute atomic E-state index is 14.1. The summed E-state index contributed by atoms with van der Waals surface area (Å²) >= 11 is 0. The predicted molar refractivity (Wildman–Crippen MR) is 172 cm³/mol. The lowest BCUT2D eigenvalue weighted by Gasteiger charge is -2.25. The fraction of sp³-hybridized carbons (Fsp3) is 0.250. The quantitative estimate of drug-likeness (QED) is 0.200. The van der Waals surface area contributed by atoms with E-state index in [4.69, 9.17) is 9.47 Å². The van der Waals surface area contributed by atoms with Gasteiger partial charge >= 0.3 is 0 Å². The van der Waals surface area contributed by atoms with Gasteiger partial charge in [0.05, 0.1) is 26.9 Å². The Balaban J connectivity index is 1.41. The number of aromatic amines is 1. The molecule has 1 aromatic heterocycles. The smallest absolute Gasteiger partial charge is 0.252 e. The summed E-state index contributed by atoms with van der Waals surface area (Å²) in [5.41, 5.74) is 9.96. The number of rotatable bonds is 9. The number of carbonyl (C=O) groups excluding carboxylic acids is 1. The Labute approximate surface area is 252 Å². The van der Waals surface area contributed by atoms with Gasteiger partial charge in [-0.3, -0.25) is 4.79 Å². The Morgan fingerprint density at radius 1 is 0.907 bits per heavy atom. The number of benzene rings is 4. The van der Waals surface area contributed by atoms with Crippen LogP contribution in [0.1, 0.15) is 27.0 Å². The van der Waals surface area contributed by atoms with Crippen LogP contribution in [0.15, 0.2) is 79.0 Å². The third kappa shape index (κ3) is 5.44. The molecular weight excluding hydrogens is 538 g/mol. The molecule has 7 nitrogen and oxygen atoms in total. The molecule has 220 valence electrons. The Bertz CT molecular complexity index is 1790. The van der Waals surface area contributed by atoms with Crippen LogP contribution in [0.4, 0.5) is 5.69 Å². The standard InChI is InChI=1S/C36H37N3O4/c1-39(2)27-13-11-22(12-14-27)29-16-23-9-10-24-17-34(42-3)35(43-4)19-31(24)30(23)18-32(29)36(41)38-26(21-40)15-25-20-37-33-8-6-5-7-28(25)33/h5-8,11-14,16-20,26,37,40H,9-10,15,21H2,1-4H3,(H,38,41). The monoisotopic (exact) mass is 575 g/mol. The highest BCUT2D eigenvalue weighted by molar-refractivity contribution is 6.03. The van der Waals surface area contributed by atoms with E-state index in [2.05, 4.69) is 51.6 Å². The number of fused-ring (bicyclic) bond motifs is 4. The largest absolute Gasteiger partial charge is 0.493 e. The summed E-state index contributed by atoms with van der Waals surface area (Å²) in [5.74, 6) is 1.13. The highest BCUT2D eigenvalue weighted by atomic mass is 16.5. The van der Waals surface area contributed by atoms with Crippen molar-refractivity contribution in [1.29, 1.82) is 0 Å². The van der Waals surface area contributed by atoms with Gasteiger partial charge in [0.2, 0.25) is 0 Å². The number of aromatic nitrogens is 1. The summed E-state index contributed by atoms with van der Waals surface area (Å²) < 4.78 is 11.2. The molecule has 1 amide bonds. The number of aliphatic hydroxyl groups is 1. The molecule has 1 atom stereocenters. The molecule has 0 radical (unpaired) electrons. The second kappa shape index (κ2) is 11.9. The van der Waals surface area contributed by atoms with Gasteiger partial charge in [0.15, 0.2) is 11.5 Å². The summed E-state index contributed by atoms with van der Waals surface area (Å²) in [6.07, 6.45) is 4.17. The van der Waals surface area contributed by atoms with Gasteiger partial charge in [-0.25, -0.2) is 0 Å². The number of amides is 1. The SMILES string of the molecule is COc1cc2c(cc1OC)-c1cc(C(=O)NC(CO)Cc3c[nH]c4ccccc34)c(-c3ccc(N(C)C)cc3)cc1CC2. The van der Waals surface area contributed by atoms with Gasteiger partial charge in [0.25, 0.3) is 5.91 Å². The van der Waals surface area contributed by atoms with Crippen LogP contribution >= 0.6 is 0 Å². The predicted octanol–water partition coefficient (Wildman–Crippen LogP) is 6.02. The van der Waals surface area contributed by atoms with Crippen LogP contribution in [-0.2, 0) is 19.3 Å². The minimum atomic E-state index is -0.455. The van der Waals surface area contributed by atoms with E-state index in [0.717, 1.165) is 62.8 Å². The van der Waals surface area contributed by atoms with Gasteiger partial charge in [-0.15, -0.1) is 0 Å². The van der Waals surface area contributed by atoms with Crippen molar-refractivity contribution in [3.63, 3.8) is 0 Å².